The summed E-state index contributed by atoms with van der Waals surface area (Å²) < 4.78 is 10.9. The zero-order chi connectivity index (χ0) is 14.4. The fraction of sp³-hybridized carbons (Fsp3) is 0.333. The number of ether oxygens (including phenoxy) is 2. The number of hydrogen-bond donors (Lipinski definition) is 0. The van der Waals surface area contributed by atoms with E-state index in [4.69, 9.17) is 9.47 Å². The Bertz CT molecular complexity index is 512. The molecule has 0 saturated carbocycles. The molecule has 0 spiro atoms. The van der Waals surface area contributed by atoms with Gasteiger partial charge in [-0.15, -0.1) is 0 Å². The van der Waals surface area contributed by atoms with Crippen molar-refractivity contribution in [2.45, 2.75) is 33.3 Å². The van der Waals surface area contributed by atoms with Crippen molar-refractivity contribution in [3.05, 3.63) is 65.2 Å². The minimum atomic E-state index is 0.191. The first-order valence-corrected chi connectivity index (χ1v) is 7.02. The smallest absolute Gasteiger partial charge is 0.189 e. The largest absolute Gasteiger partial charge is 0.468 e. The number of hydrogen-bond acceptors (Lipinski definition) is 2. The normalized spacial score (nSPS) is 10.8. The Kier molecular flexibility index (Phi) is 5.19. The first kappa shape index (κ1) is 14.6. The maximum Gasteiger partial charge on any atom is 0.189 e. The van der Waals surface area contributed by atoms with E-state index >= 15 is 0 Å². The molecule has 0 aliphatic rings. The molecule has 0 unspecified atom stereocenters. The van der Waals surface area contributed by atoms with Crippen LogP contribution in [0.5, 0.6) is 5.75 Å². The van der Waals surface area contributed by atoms with Crippen LogP contribution in [0, 0.1) is 6.92 Å². The van der Waals surface area contributed by atoms with Crippen molar-refractivity contribution in [3.8, 4) is 5.75 Å². The van der Waals surface area contributed by atoms with Gasteiger partial charge in [-0.3, -0.25) is 0 Å². The molecule has 0 aliphatic heterocycles. The summed E-state index contributed by atoms with van der Waals surface area (Å²) in [5.74, 6) is 0.846. The van der Waals surface area contributed by atoms with Crippen LogP contribution in [0.2, 0.25) is 0 Å². The van der Waals surface area contributed by atoms with Crippen LogP contribution in [0.1, 0.15) is 30.5 Å². The highest BCUT2D eigenvalue weighted by atomic mass is 16.7. The van der Waals surface area contributed by atoms with Gasteiger partial charge in [0.05, 0.1) is 6.10 Å². The van der Waals surface area contributed by atoms with E-state index in [1.54, 1.807) is 0 Å². The van der Waals surface area contributed by atoms with Crippen molar-refractivity contribution in [2.24, 2.45) is 0 Å². The zero-order valence-corrected chi connectivity index (χ0v) is 12.4. The molecule has 2 nitrogen and oxygen atoms in total. The van der Waals surface area contributed by atoms with Crippen LogP contribution in [0.15, 0.2) is 48.5 Å². The summed E-state index contributed by atoms with van der Waals surface area (Å²) in [5, 5.41) is 0. The number of rotatable bonds is 6. The van der Waals surface area contributed by atoms with Crippen LogP contribution < -0.4 is 4.74 Å². The molecule has 2 aromatic carbocycles. The number of aryl methyl sites for hydroxylation is 1. The summed E-state index contributed by atoms with van der Waals surface area (Å²) in [6.07, 6.45) is 1.14. The molecule has 0 bridgehead atoms. The van der Waals surface area contributed by atoms with E-state index in [0.29, 0.717) is 6.79 Å². The molecule has 0 N–H and O–H groups in total. The van der Waals surface area contributed by atoms with Gasteiger partial charge in [-0.05, 0) is 50.5 Å². The lowest BCUT2D eigenvalue weighted by Gasteiger charge is -2.10. The van der Waals surface area contributed by atoms with Gasteiger partial charge in [0.15, 0.2) is 6.79 Å². The van der Waals surface area contributed by atoms with E-state index in [-0.39, 0.29) is 6.10 Å². The van der Waals surface area contributed by atoms with Gasteiger partial charge in [-0.2, -0.15) is 0 Å². The molecule has 2 rings (SSSR count). The van der Waals surface area contributed by atoms with E-state index in [1.165, 1.54) is 16.7 Å². The van der Waals surface area contributed by atoms with Gasteiger partial charge in [0.2, 0.25) is 0 Å². The lowest BCUT2D eigenvalue weighted by atomic mass is 10.0. The van der Waals surface area contributed by atoms with Gasteiger partial charge in [-0.1, -0.05) is 42.0 Å². The van der Waals surface area contributed by atoms with E-state index in [0.717, 1.165) is 12.2 Å². The quantitative estimate of drug-likeness (QED) is 0.727. The molecule has 0 atom stereocenters. The Labute approximate surface area is 121 Å². The molecule has 0 saturated heterocycles. The Morgan fingerprint density at radius 3 is 1.95 bits per heavy atom. The van der Waals surface area contributed by atoms with Gasteiger partial charge in [-0.25, -0.2) is 0 Å². The predicted molar refractivity (Wildman–Crippen MR) is 82.1 cm³/mol. The zero-order valence-electron chi connectivity index (χ0n) is 12.4. The van der Waals surface area contributed by atoms with E-state index in [2.05, 4.69) is 43.3 Å². The van der Waals surface area contributed by atoms with E-state index in [1.807, 2.05) is 26.0 Å². The SMILES string of the molecule is Cc1ccc(Cc2ccc(OCOC(C)C)cc2)cc1. The monoisotopic (exact) mass is 270 g/mol. The van der Waals surface area contributed by atoms with Gasteiger partial charge >= 0.3 is 0 Å². The molecule has 0 amide bonds. The van der Waals surface area contributed by atoms with Crippen LogP contribution in [0.25, 0.3) is 0 Å². The van der Waals surface area contributed by atoms with Crippen molar-refractivity contribution in [1.82, 2.24) is 0 Å². The molecule has 0 fully saturated rings. The minimum absolute atomic E-state index is 0.191. The third-order valence-electron chi connectivity index (χ3n) is 3.08. The molecule has 2 aromatic rings. The van der Waals surface area contributed by atoms with E-state index in [9.17, 15) is 0 Å². The molecule has 2 heteroatoms. The summed E-state index contributed by atoms with van der Waals surface area (Å²) in [6.45, 7) is 6.40. The Hall–Kier alpha value is -1.80. The maximum atomic E-state index is 5.52. The second kappa shape index (κ2) is 7.11. The standard InChI is InChI=1S/C18H22O2/c1-14(2)19-13-20-18-10-8-17(9-11-18)12-16-6-4-15(3)5-7-16/h4-11,14H,12-13H2,1-3H3. The average Bonchev–Trinajstić information content (AvgIpc) is 2.43. The van der Waals surface area contributed by atoms with Gasteiger partial charge in [0, 0.05) is 0 Å². The summed E-state index contributed by atoms with van der Waals surface area (Å²) >= 11 is 0. The third kappa shape index (κ3) is 4.71. The lowest BCUT2D eigenvalue weighted by molar-refractivity contribution is -0.0199. The molecular formula is C18H22O2. The average molecular weight is 270 g/mol. The van der Waals surface area contributed by atoms with Gasteiger partial charge in [0.1, 0.15) is 5.75 Å². The van der Waals surface area contributed by atoms with Crippen LogP contribution in [0.3, 0.4) is 0 Å². The van der Waals surface area contributed by atoms with Gasteiger partial charge in [0.25, 0.3) is 0 Å². The van der Waals surface area contributed by atoms with Crippen LogP contribution in [0.4, 0.5) is 0 Å². The summed E-state index contributed by atoms with van der Waals surface area (Å²) in [6, 6.07) is 16.8. The fourth-order valence-electron chi connectivity index (χ4n) is 1.88. The van der Waals surface area contributed by atoms with Crippen LogP contribution >= 0.6 is 0 Å². The van der Waals surface area contributed by atoms with Crippen LogP contribution in [-0.2, 0) is 11.2 Å². The molecule has 106 valence electrons. The predicted octanol–water partition coefficient (Wildman–Crippen LogP) is 4.35. The molecule has 20 heavy (non-hydrogen) atoms. The van der Waals surface area contributed by atoms with Crippen LogP contribution in [-0.4, -0.2) is 12.9 Å². The first-order chi connectivity index (χ1) is 9.63. The second-order valence-corrected chi connectivity index (χ2v) is 5.28. The van der Waals surface area contributed by atoms with Crippen molar-refractivity contribution in [3.63, 3.8) is 0 Å². The lowest BCUT2D eigenvalue weighted by Crippen LogP contribution is -2.09. The fourth-order valence-corrected chi connectivity index (χ4v) is 1.88. The van der Waals surface area contributed by atoms with Crippen molar-refractivity contribution in [2.75, 3.05) is 6.79 Å². The minimum Gasteiger partial charge on any atom is -0.468 e. The number of benzene rings is 2. The highest BCUT2D eigenvalue weighted by Gasteiger charge is 1.99. The van der Waals surface area contributed by atoms with Crippen molar-refractivity contribution in [1.29, 1.82) is 0 Å². The molecule has 0 heterocycles. The second-order valence-electron chi connectivity index (χ2n) is 5.28. The van der Waals surface area contributed by atoms with Crippen molar-refractivity contribution >= 4 is 0 Å². The Morgan fingerprint density at radius 2 is 1.40 bits per heavy atom. The first-order valence-electron chi connectivity index (χ1n) is 7.02. The van der Waals surface area contributed by atoms with E-state index < -0.39 is 0 Å². The maximum absolute atomic E-state index is 5.52. The summed E-state index contributed by atoms with van der Waals surface area (Å²) in [5.41, 5.74) is 3.90. The summed E-state index contributed by atoms with van der Waals surface area (Å²) in [7, 11) is 0. The topological polar surface area (TPSA) is 18.5 Å². The van der Waals surface area contributed by atoms with Gasteiger partial charge < -0.3 is 9.47 Å². The Morgan fingerprint density at radius 1 is 0.850 bits per heavy atom. The van der Waals surface area contributed by atoms with Crippen molar-refractivity contribution < 1.29 is 9.47 Å². The molecular weight excluding hydrogens is 248 g/mol. The molecule has 0 aromatic heterocycles. The highest BCUT2D eigenvalue weighted by Crippen LogP contribution is 2.16. The summed E-state index contributed by atoms with van der Waals surface area (Å²) in [4.78, 5) is 0. The third-order valence-corrected chi connectivity index (χ3v) is 3.08. The molecule has 0 aliphatic carbocycles. The Balaban J connectivity index is 1.89. The molecule has 0 radical (unpaired) electrons. The highest BCUT2D eigenvalue weighted by molar-refractivity contribution is 5.32.